The maximum atomic E-state index is 11.1. The van der Waals surface area contributed by atoms with E-state index in [0.717, 1.165) is 11.1 Å². The predicted molar refractivity (Wildman–Crippen MR) is 84.3 cm³/mol. The Labute approximate surface area is 123 Å². The van der Waals surface area contributed by atoms with Crippen LogP contribution in [0.5, 0.6) is 11.5 Å². The molecule has 0 aliphatic carbocycles. The van der Waals surface area contributed by atoms with Crippen LogP contribution >= 0.6 is 0 Å². The van der Waals surface area contributed by atoms with E-state index < -0.39 is 0 Å². The van der Waals surface area contributed by atoms with Crippen molar-refractivity contribution in [2.24, 2.45) is 0 Å². The fourth-order valence-electron chi connectivity index (χ4n) is 1.94. The second kappa shape index (κ2) is 6.61. The van der Waals surface area contributed by atoms with Crippen LogP contribution in [0.25, 0.3) is 12.2 Å². The molecule has 0 radical (unpaired) electrons. The smallest absolute Gasteiger partial charge is 0.221 e. The first-order valence-corrected chi connectivity index (χ1v) is 6.52. The van der Waals surface area contributed by atoms with Gasteiger partial charge in [0.2, 0.25) is 5.91 Å². The minimum atomic E-state index is -0.267. The van der Waals surface area contributed by atoms with Crippen LogP contribution < -0.4 is 10.1 Å². The number of methoxy groups -OCH3 is 1. The second-order valence-electron chi connectivity index (χ2n) is 4.54. The number of anilines is 1. The molecule has 0 fully saturated rings. The third-order valence-corrected chi connectivity index (χ3v) is 2.89. The largest absolute Gasteiger partial charge is 0.506 e. The van der Waals surface area contributed by atoms with E-state index in [9.17, 15) is 9.90 Å². The number of phenols is 1. The number of hydrogen-bond donors (Lipinski definition) is 2. The number of benzene rings is 2. The first kappa shape index (κ1) is 14.7. The van der Waals surface area contributed by atoms with Crippen LogP contribution in [0.15, 0.2) is 42.5 Å². The van der Waals surface area contributed by atoms with Gasteiger partial charge in [0.25, 0.3) is 0 Å². The maximum absolute atomic E-state index is 11.1. The summed E-state index contributed by atoms with van der Waals surface area (Å²) in [5.41, 5.74) is 2.12. The van der Waals surface area contributed by atoms with Crippen LogP contribution in [0.4, 0.5) is 5.69 Å². The lowest BCUT2D eigenvalue weighted by Gasteiger charge is -2.11. The van der Waals surface area contributed by atoms with Gasteiger partial charge in [-0.3, -0.25) is 4.79 Å². The molecular formula is C17H17NO3. The first-order chi connectivity index (χ1) is 10.1. The number of phenolic OH excluding ortho intramolecular Hbond substituents is 1. The molecule has 0 saturated heterocycles. The lowest BCUT2D eigenvalue weighted by molar-refractivity contribution is -0.114. The summed E-state index contributed by atoms with van der Waals surface area (Å²) in [5.74, 6) is 0.117. The average Bonchev–Trinajstić information content (AvgIpc) is 2.48. The van der Waals surface area contributed by atoms with E-state index in [2.05, 4.69) is 5.32 Å². The Morgan fingerprint density at radius 2 is 1.81 bits per heavy atom. The van der Waals surface area contributed by atoms with Crippen LogP contribution in [-0.2, 0) is 4.79 Å². The SMILES string of the molecule is COc1cc(C=Cc2ccccc2)cc(O)c1NC(C)=O. The summed E-state index contributed by atoms with van der Waals surface area (Å²) >= 11 is 0. The highest BCUT2D eigenvalue weighted by Gasteiger charge is 2.11. The number of carbonyl (C=O) groups excluding carboxylic acids is 1. The Morgan fingerprint density at radius 1 is 1.14 bits per heavy atom. The lowest BCUT2D eigenvalue weighted by atomic mass is 10.1. The van der Waals surface area contributed by atoms with Gasteiger partial charge in [0, 0.05) is 6.92 Å². The minimum absolute atomic E-state index is 0.0303. The first-order valence-electron chi connectivity index (χ1n) is 6.52. The molecule has 0 unspecified atom stereocenters. The van der Waals surface area contributed by atoms with Crippen molar-refractivity contribution >= 4 is 23.7 Å². The van der Waals surface area contributed by atoms with Crippen molar-refractivity contribution in [1.82, 2.24) is 0 Å². The second-order valence-corrected chi connectivity index (χ2v) is 4.54. The fourth-order valence-corrected chi connectivity index (χ4v) is 1.94. The van der Waals surface area contributed by atoms with Gasteiger partial charge >= 0.3 is 0 Å². The van der Waals surface area contributed by atoms with Gasteiger partial charge < -0.3 is 15.2 Å². The molecule has 21 heavy (non-hydrogen) atoms. The zero-order valence-electron chi connectivity index (χ0n) is 12.0. The molecule has 0 bridgehead atoms. The van der Waals surface area contributed by atoms with Crippen molar-refractivity contribution in [1.29, 1.82) is 0 Å². The number of ether oxygens (including phenoxy) is 1. The number of hydrogen-bond acceptors (Lipinski definition) is 3. The molecule has 0 heterocycles. The molecule has 0 spiro atoms. The molecule has 2 rings (SSSR count). The zero-order chi connectivity index (χ0) is 15.2. The maximum Gasteiger partial charge on any atom is 0.221 e. The lowest BCUT2D eigenvalue weighted by Crippen LogP contribution is -2.07. The summed E-state index contributed by atoms with van der Waals surface area (Å²) in [5, 5.41) is 12.6. The Hall–Kier alpha value is -2.75. The number of amides is 1. The van der Waals surface area contributed by atoms with E-state index in [-0.39, 0.29) is 17.3 Å². The summed E-state index contributed by atoms with van der Waals surface area (Å²) in [7, 11) is 1.49. The van der Waals surface area contributed by atoms with E-state index in [0.29, 0.717) is 5.75 Å². The average molecular weight is 283 g/mol. The molecule has 2 aromatic rings. The normalized spacial score (nSPS) is 10.6. The van der Waals surface area contributed by atoms with Gasteiger partial charge in [0.1, 0.15) is 17.2 Å². The Kier molecular flexibility index (Phi) is 4.61. The molecule has 2 aromatic carbocycles. The summed E-state index contributed by atoms with van der Waals surface area (Å²) in [4.78, 5) is 11.1. The minimum Gasteiger partial charge on any atom is -0.506 e. The predicted octanol–water partition coefficient (Wildman–Crippen LogP) is 3.53. The third kappa shape index (κ3) is 3.86. The summed E-state index contributed by atoms with van der Waals surface area (Å²) in [6.45, 7) is 1.38. The Bertz CT molecular complexity index is 663. The van der Waals surface area contributed by atoms with Gasteiger partial charge in [-0.1, -0.05) is 42.5 Å². The Morgan fingerprint density at radius 3 is 2.43 bits per heavy atom. The summed E-state index contributed by atoms with van der Waals surface area (Å²) in [6.07, 6.45) is 3.81. The highest BCUT2D eigenvalue weighted by Crippen LogP contribution is 2.35. The van der Waals surface area contributed by atoms with Gasteiger partial charge in [-0.2, -0.15) is 0 Å². The number of carbonyl (C=O) groups is 1. The molecule has 0 aromatic heterocycles. The number of rotatable bonds is 4. The molecule has 4 heteroatoms. The van der Waals surface area contributed by atoms with Crippen LogP contribution in [0, 0.1) is 0 Å². The van der Waals surface area contributed by atoms with Crippen LogP contribution in [-0.4, -0.2) is 18.1 Å². The zero-order valence-corrected chi connectivity index (χ0v) is 12.0. The van der Waals surface area contributed by atoms with Crippen molar-refractivity contribution in [2.45, 2.75) is 6.92 Å². The molecule has 0 aliphatic rings. The van der Waals surface area contributed by atoms with Crippen molar-refractivity contribution in [3.63, 3.8) is 0 Å². The van der Waals surface area contributed by atoms with Crippen molar-refractivity contribution in [2.75, 3.05) is 12.4 Å². The van der Waals surface area contributed by atoms with E-state index in [4.69, 9.17) is 4.74 Å². The van der Waals surface area contributed by atoms with E-state index in [1.165, 1.54) is 14.0 Å². The molecule has 0 aliphatic heterocycles. The molecule has 4 nitrogen and oxygen atoms in total. The molecule has 1 amide bonds. The summed E-state index contributed by atoms with van der Waals surface area (Å²) in [6, 6.07) is 13.2. The Balaban J connectivity index is 2.32. The highest BCUT2D eigenvalue weighted by molar-refractivity contribution is 5.93. The van der Waals surface area contributed by atoms with E-state index >= 15 is 0 Å². The van der Waals surface area contributed by atoms with Crippen LogP contribution in [0.3, 0.4) is 0 Å². The van der Waals surface area contributed by atoms with Crippen LogP contribution in [0.1, 0.15) is 18.1 Å². The van der Waals surface area contributed by atoms with Crippen LogP contribution in [0.2, 0.25) is 0 Å². The standard InChI is InChI=1S/C17H17NO3/c1-12(19)18-17-15(20)10-14(11-16(17)21-2)9-8-13-6-4-3-5-7-13/h3-11,20H,1-2H3,(H,18,19). The third-order valence-electron chi connectivity index (χ3n) is 2.89. The van der Waals surface area contributed by atoms with Gasteiger partial charge in [-0.05, 0) is 23.3 Å². The molecular weight excluding hydrogens is 266 g/mol. The van der Waals surface area contributed by atoms with Crippen molar-refractivity contribution in [3.05, 3.63) is 53.6 Å². The fraction of sp³-hybridized carbons (Fsp3) is 0.118. The quantitative estimate of drug-likeness (QED) is 0.666. The number of aromatic hydroxyl groups is 1. The van der Waals surface area contributed by atoms with Gasteiger partial charge in [-0.15, -0.1) is 0 Å². The topological polar surface area (TPSA) is 58.6 Å². The van der Waals surface area contributed by atoms with E-state index in [1.807, 2.05) is 42.5 Å². The molecule has 108 valence electrons. The van der Waals surface area contributed by atoms with Gasteiger partial charge in [-0.25, -0.2) is 0 Å². The van der Waals surface area contributed by atoms with Crippen molar-refractivity contribution < 1.29 is 14.6 Å². The van der Waals surface area contributed by atoms with E-state index in [1.54, 1.807) is 12.1 Å². The monoisotopic (exact) mass is 283 g/mol. The van der Waals surface area contributed by atoms with Crippen molar-refractivity contribution in [3.8, 4) is 11.5 Å². The molecule has 2 N–H and O–H groups in total. The molecule has 0 saturated carbocycles. The highest BCUT2D eigenvalue weighted by atomic mass is 16.5. The van der Waals surface area contributed by atoms with Gasteiger partial charge in [0.05, 0.1) is 7.11 Å². The summed E-state index contributed by atoms with van der Waals surface area (Å²) < 4.78 is 5.21. The number of nitrogens with one attached hydrogen (secondary N) is 1. The molecule has 0 atom stereocenters. The van der Waals surface area contributed by atoms with Gasteiger partial charge in [0.15, 0.2) is 0 Å².